The number of carbonyl (C=O) groups is 1. The molecular formula is C26H31I2N2O3Si-2. The van der Waals surface area contributed by atoms with Gasteiger partial charge in [0.25, 0.3) is 0 Å². The van der Waals surface area contributed by atoms with Gasteiger partial charge < -0.3 is 0 Å². The number of aliphatic hydroxyl groups excluding tert-OH is 1. The van der Waals surface area contributed by atoms with Gasteiger partial charge in [-0.3, -0.25) is 0 Å². The monoisotopic (exact) mass is 701 g/mol. The van der Waals surface area contributed by atoms with Gasteiger partial charge in [0.15, 0.2) is 0 Å². The molecule has 4 rings (SSSR count). The van der Waals surface area contributed by atoms with Crippen molar-refractivity contribution in [2.75, 3.05) is 11.5 Å². The predicted octanol–water partition coefficient (Wildman–Crippen LogP) is -1.54. The Morgan fingerprint density at radius 1 is 1.15 bits per heavy atom. The van der Waals surface area contributed by atoms with Crippen LogP contribution in [0, 0.1) is 14.9 Å². The van der Waals surface area contributed by atoms with E-state index in [1.54, 1.807) is 0 Å². The fourth-order valence-electron chi connectivity index (χ4n) is 4.54. The van der Waals surface area contributed by atoms with Crippen LogP contribution in [0.5, 0.6) is 0 Å². The molecule has 34 heavy (non-hydrogen) atoms. The minimum absolute atomic E-state index is 0.00854. The van der Waals surface area contributed by atoms with Gasteiger partial charge >= 0.3 is 226 Å². The Hall–Kier alpha value is -1.26. The summed E-state index contributed by atoms with van der Waals surface area (Å²) in [4.78, 5) is 16.4. The Morgan fingerprint density at radius 3 is 2.38 bits per heavy atom. The fourth-order valence-corrected chi connectivity index (χ4v) is 14.2. The number of fused-ring (bicyclic) bond motifs is 1. The van der Waals surface area contributed by atoms with Gasteiger partial charge in [-0.1, -0.05) is 0 Å². The number of halogens is 2. The Kier molecular flexibility index (Phi) is 7.33. The molecule has 0 radical (unpaired) electrons. The first-order valence-electron chi connectivity index (χ1n) is 11.3. The molecule has 1 amide bonds. The van der Waals surface area contributed by atoms with Crippen molar-refractivity contribution in [2.24, 2.45) is 0 Å². The molecule has 1 N–H and O–H groups in total. The molecule has 1 unspecified atom stereocenters. The summed E-state index contributed by atoms with van der Waals surface area (Å²) in [7, 11) is -2.00. The quantitative estimate of drug-likeness (QED) is 0.165. The van der Waals surface area contributed by atoms with Crippen LogP contribution >= 0.6 is 0 Å². The number of amides is 1. The van der Waals surface area contributed by atoms with Gasteiger partial charge in [-0.05, 0) is 0 Å². The molecule has 0 aromatic heterocycles. The van der Waals surface area contributed by atoms with E-state index in [9.17, 15) is 15.2 Å². The van der Waals surface area contributed by atoms with Crippen LogP contribution in [0.25, 0.3) is 5.57 Å². The summed E-state index contributed by atoms with van der Waals surface area (Å²) in [6.45, 7) is 9.85. The van der Waals surface area contributed by atoms with E-state index >= 15 is 0 Å². The van der Waals surface area contributed by atoms with Crippen LogP contribution in [0.15, 0.2) is 60.4 Å². The average molecular weight is 701 g/mol. The number of carbonyl (C=O) groups excluding carboxylic acids is 1. The van der Waals surface area contributed by atoms with Crippen LogP contribution in [0.4, 0.5) is 0 Å². The molecule has 0 bridgehead atoms. The summed E-state index contributed by atoms with van der Waals surface area (Å²) in [5.74, 6) is 0.232. The van der Waals surface area contributed by atoms with Crippen molar-refractivity contribution in [2.45, 2.75) is 48.6 Å². The van der Waals surface area contributed by atoms with Gasteiger partial charge in [-0.2, -0.15) is 0 Å². The molecule has 1 fully saturated rings. The van der Waals surface area contributed by atoms with Crippen LogP contribution in [0.3, 0.4) is 0 Å². The van der Waals surface area contributed by atoms with E-state index in [1.165, 1.54) is 0 Å². The van der Waals surface area contributed by atoms with E-state index < -0.39 is 29.8 Å². The van der Waals surface area contributed by atoms with Crippen LogP contribution in [0.1, 0.15) is 31.4 Å². The number of aliphatic hydroxyl groups is 1. The molecule has 2 aliphatic rings. The second kappa shape index (κ2) is 9.65. The molecule has 5 nitrogen and oxygen atoms in total. The Balaban J connectivity index is 1.72. The van der Waals surface area contributed by atoms with Crippen LogP contribution in [0.2, 0.25) is 13.1 Å². The van der Waals surface area contributed by atoms with Crippen molar-refractivity contribution >= 4 is 19.8 Å². The van der Waals surface area contributed by atoms with Gasteiger partial charge in [0.05, 0.1) is 0 Å². The first-order chi connectivity index (χ1) is 16.0. The van der Waals surface area contributed by atoms with Crippen molar-refractivity contribution in [3.05, 3.63) is 75.1 Å². The van der Waals surface area contributed by atoms with Crippen LogP contribution in [-0.2, 0) is 9.22 Å². The van der Waals surface area contributed by atoms with E-state index in [1.807, 2.05) is 54.6 Å². The number of hydrogen-bond acceptors (Lipinski definition) is 4. The number of hydrogen-bond donors (Lipinski definition) is 1. The van der Waals surface area contributed by atoms with Gasteiger partial charge in [0.2, 0.25) is 0 Å². The molecule has 2 heterocycles. The predicted molar refractivity (Wildman–Crippen MR) is 127 cm³/mol. The van der Waals surface area contributed by atoms with E-state index in [2.05, 4.69) is 37.9 Å². The zero-order valence-corrected chi connectivity index (χ0v) is 25.5. The zero-order chi connectivity index (χ0) is 24.7. The molecule has 183 valence electrons. The van der Waals surface area contributed by atoms with Crippen molar-refractivity contribution in [1.82, 2.24) is 0 Å². The number of quaternary nitrogens is 1. The van der Waals surface area contributed by atoms with Crippen molar-refractivity contribution < 1.29 is 59.7 Å². The molecule has 8 heteroatoms. The zero-order valence-electron chi connectivity index (χ0n) is 20.2. The molecule has 0 aliphatic carbocycles. The van der Waals surface area contributed by atoms with Crippen LogP contribution in [-0.4, -0.2) is 48.7 Å². The summed E-state index contributed by atoms with van der Waals surface area (Å²) in [5, 5.41) is 20.6. The summed E-state index contributed by atoms with van der Waals surface area (Å²) in [6.07, 6.45) is 0.626. The number of nitriles is 1. The third-order valence-corrected chi connectivity index (χ3v) is 22.5. The fraction of sp³-hybridized carbons (Fsp3) is 0.385. The minimum atomic E-state index is -2.00. The number of benzene rings is 2. The molecule has 1 saturated heterocycles. The average Bonchev–Trinajstić information content (AvgIpc) is 3.26. The first-order valence-corrected chi connectivity index (χ1v) is 19.5. The number of rotatable bonds is 7. The molecule has 3 atom stereocenters. The third kappa shape index (κ3) is 4.50. The standard InChI is InChI=1S/C26H31I2N2O3Si/c1-26(2,27-3)34(4,5)33-21-15-22-24(31)23(19-9-7-6-8-10-19)25(32)30(22,17-21)28-20-13-11-18(16-29)12-14-20/h6-14,21-22,31H,15,17H2,1-5H3/q-2/t21-,22+,30?/m0/s1. The number of alkyl halides is 2. The van der Waals surface area contributed by atoms with E-state index in [0.717, 1.165) is 9.13 Å². The molecule has 0 saturated carbocycles. The van der Waals surface area contributed by atoms with Crippen molar-refractivity contribution in [3.63, 3.8) is 0 Å². The third-order valence-electron chi connectivity index (χ3n) is 7.22. The first kappa shape index (κ1) is 25.8. The van der Waals surface area contributed by atoms with Crippen LogP contribution < -0.4 is 42.7 Å². The molecule has 2 aromatic carbocycles. The molecule has 2 aliphatic heterocycles. The van der Waals surface area contributed by atoms with Crippen molar-refractivity contribution in [3.8, 4) is 6.07 Å². The van der Waals surface area contributed by atoms with Crippen molar-refractivity contribution in [1.29, 1.82) is 5.26 Å². The maximum absolute atomic E-state index is 14.1. The summed E-state index contributed by atoms with van der Waals surface area (Å²) < 4.78 is 8.45. The van der Waals surface area contributed by atoms with Gasteiger partial charge in [-0.15, -0.1) is 0 Å². The normalized spacial score (nSPS) is 25.1. The van der Waals surface area contributed by atoms with E-state index in [4.69, 9.17) is 4.43 Å². The Labute approximate surface area is 224 Å². The molecular weight excluding hydrogens is 670 g/mol. The molecule has 2 aromatic rings. The maximum atomic E-state index is 14.1. The summed E-state index contributed by atoms with van der Waals surface area (Å²) in [6, 6.07) is 19.0. The SMILES string of the molecule is C[I-]C(C)(C)[Si-](C)(C)O[C@H]1C[C@@H]2C(O)=C(c3ccccc3)C(=O)[N+]2([I-]c2ccc(C#N)cc2)C1. The van der Waals surface area contributed by atoms with E-state index in [0.29, 0.717) is 24.1 Å². The Morgan fingerprint density at radius 2 is 1.79 bits per heavy atom. The Bertz CT molecular complexity index is 1160. The second-order valence-corrected chi connectivity index (χ2v) is 22.5. The summed E-state index contributed by atoms with van der Waals surface area (Å²) >= 11 is -0.821. The van der Waals surface area contributed by atoms with Gasteiger partial charge in [-0.25, -0.2) is 0 Å². The second-order valence-electron chi connectivity index (χ2n) is 9.75. The summed E-state index contributed by atoms with van der Waals surface area (Å²) in [5.41, 5.74) is 1.86. The molecule has 0 spiro atoms. The van der Waals surface area contributed by atoms with Gasteiger partial charge in [0, 0.05) is 0 Å². The number of nitrogens with zero attached hydrogens (tertiary/aromatic N) is 2. The van der Waals surface area contributed by atoms with Gasteiger partial charge in [0.1, 0.15) is 0 Å². The van der Waals surface area contributed by atoms with E-state index in [-0.39, 0.29) is 50.8 Å². The topological polar surface area (TPSA) is 70.3 Å².